The predicted octanol–water partition coefficient (Wildman–Crippen LogP) is 1.68. The Morgan fingerprint density at radius 1 is 1.23 bits per heavy atom. The third kappa shape index (κ3) is 3.08. The predicted molar refractivity (Wildman–Crippen MR) is 85.6 cm³/mol. The van der Waals surface area contributed by atoms with E-state index in [4.69, 9.17) is 0 Å². The van der Waals surface area contributed by atoms with Gasteiger partial charge < -0.3 is 14.4 Å². The standard InChI is InChI=1S/C15H18F3N7O/c1-8-7-10(20-14(19-8)23(3)4)12(26)24-5-6-25-11(9(24)2)21-22-13(25)15(16,17)18/h7,9H,5-6H2,1-4H3. The summed E-state index contributed by atoms with van der Waals surface area (Å²) < 4.78 is 40.0. The molecule has 2 aromatic rings. The lowest BCUT2D eigenvalue weighted by Crippen LogP contribution is -2.42. The first-order valence-electron chi connectivity index (χ1n) is 7.94. The summed E-state index contributed by atoms with van der Waals surface area (Å²) >= 11 is 0. The largest absolute Gasteiger partial charge is 0.451 e. The monoisotopic (exact) mass is 369 g/mol. The van der Waals surface area contributed by atoms with Crippen molar-refractivity contribution >= 4 is 11.9 Å². The number of anilines is 1. The molecule has 1 aliphatic heterocycles. The molecule has 8 nitrogen and oxygen atoms in total. The van der Waals surface area contributed by atoms with Crippen molar-refractivity contribution in [3.8, 4) is 0 Å². The molecule has 0 saturated heterocycles. The van der Waals surface area contributed by atoms with Gasteiger partial charge in [0.05, 0.1) is 6.04 Å². The van der Waals surface area contributed by atoms with Gasteiger partial charge in [-0.05, 0) is 19.9 Å². The Labute approximate surface area is 147 Å². The van der Waals surface area contributed by atoms with Crippen LogP contribution in [0.25, 0.3) is 0 Å². The minimum atomic E-state index is -4.58. The minimum absolute atomic E-state index is 0.0299. The Morgan fingerprint density at radius 3 is 2.54 bits per heavy atom. The van der Waals surface area contributed by atoms with E-state index in [9.17, 15) is 18.0 Å². The quantitative estimate of drug-likeness (QED) is 0.801. The second-order valence-electron chi connectivity index (χ2n) is 6.29. The second-order valence-corrected chi connectivity index (χ2v) is 6.29. The van der Waals surface area contributed by atoms with Crippen LogP contribution in [0, 0.1) is 6.92 Å². The van der Waals surface area contributed by atoms with Crippen molar-refractivity contribution in [2.45, 2.75) is 32.6 Å². The van der Waals surface area contributed by atoms with E-state index in [2.05, 4.69) is 20.2 Å². The number of amides is 1. The Bertz CT molecular complexity index is 846. The van der Waals surface area contributed by atoms with Gasteiger partial charge in [0.1, 0.15) is 5.69 Å². The van der Waals surface area contributed by atoms with Crippen LogP contribution in [0.2, 0.25) is 0 Å². The first-order chi connectivity index (χ1) is 12.1. The minimum Gasteiger partial charge on any atom is -0.347 e. The van der Waals surface area contributed by atoms with Crippen LogP contribution in [0.15, 0.2) is 6.07 Å². The number of rotatable bonds is 2. The Kier molecular flexibility index (Phi) is 4.32. The summed E-state index contributed by atoms with van der Waals surface area (Å²) in [6, 6.07) is 0.903. The van der Waals surface area contributed by atoms with E-state index in [1.165, 1.54) is 4.90 Å². The van der Waals surface area contributed by atoms with Crippen molar-refractivity contribution in [1.82, 2.24) is 29.6 Å². The smallest absolute Gasteiger partial charge is 0.347 e. The summed E-state index contributed by atoms with van der Waals surface area (Å²) in [6.07, 6.45) is -4.58. The van der Waals surface area contributed by atoms with E-state index >= 15 is 0 Å². The number of carbonyl (C=O) groups is 1. The fourth-order valence-electron chi connectivity index (χ4n) is 2.88. The van der Waals surface area contributed by atoms with Gasteiger partial charge in [0.25, 0.3) is 5.91 Å². The molecular formula is C15H18F3N7O. The maximum Gasteiger partial charge on any atom is 0.451 e. The lowest BCUT2D eigenvalue weighted by Gasteiger charge is -2.33. The third-order valence-electron chi connectivity index (χ3n) is 4.16. The number of aryl methyl sites for hydroxylation is 1. The molecule has 1 unspecified atom stereocenters. The van der Waals surface area contributed by atoms with Crippen LogP contribution in [0.4, 0.5) is 19.1 Å². The van der Waals surface area contributed by atoms with Crippen molar-refractivity contribution in [2.24, 2.45) is 0 Å². The summed E-state index contributed by atoms with van der Waals surface area (Å²) in [5.74, 6) is -0.927. The average molecular weight is 369 g/mol. The third-order valence-corrected chi connectivity index (χ3v) is 4.16. The molecule has 140 valence electrons. The zero-order valence-corrected chi connectivity index (χ0v) is 14.7. The first-order valence-corrected chi connectivity index (χ1v) is 7.94. The van der Waals surface area contributed by atoms with Crippen molar-refractivity contribution in [3.05, 3.63) is 29.1 Å². The van der Waals surface area contributed by atoms with Crippen molar-refractivity contribution in [2.75, 3.05) is 25.5 Å². The van der Waals surface area contributed by atoms with Crippen LogP contribution in [-0.2, 0) is 12.7 Å². The van der Waals surface area contributed by atoms with Gasteiger partial charge >= 0.3 is 6.18 Å². The number of carbonyl (C=O) groups excluding carboxylic acids is 1. The number of nitrogens with zero attached hydrogens (tertiary/aromatic N) is 7. The molecule has 1 aliphatic rings. The molecule has 0 saturated carbocycles. The number of aromatic nitrogens is 5. The maximum atomic E-state index is 13.0. The number of alkyl halides is 3. The summed E-state index contributed by atoms with van der Waals surface area (Å²) in [5.41, 5.74) is 0.816. The van der Waals surface area contributed by atoms with Crippen molar-refractivity contribution in [3.63, 3.8) is 0 Å². The molecule has 1 amide bonds. The molecule has 0 fully saturated rings. The molecule has 26 heavy (non-hydrogen) atoms. The first kappa shape index (κ1) is 18.1. The summed E-state index contributed by atoms with van der Waals surface area (Å²) in [5, 5.41) is 6.91. The Balaban J connectivity index is 1.92. The molecule has 0 radical (unpaired) electrons. The number of fused-ring (bicyclic) bond motifs is 1. The molecular weight excluding hydrogens is 351 g/mol. The van der Waals surface area contributed by atoms with Gasteiger partial charge in [-0.2, -0.15) is 13.2 Å². The number of hydrogen-bond acceptors (Lipinski definition) is 6. The molecule has 1 atom stereocenters. The molecule has 11 heteroatoms. The van der Waals surface area contributed by atoms with E-state index < -0.39 is 18.0 Å². The van der Waals surface area contributed by atoms with Gasteiger partial charge in [-0.25, -0.2) is 9.97 Å². The van der Waals surface area contributed by atoms with Gasteiger partial charge in [-0.15, -0.1) is 10.2 Å². The van der Waals surface area contributed by atoms with E-state index in [0.717, 1.165) is 4.57 Å². The summed E-state index contributed by atoms with van der Waals surface area (Å²) in [4.78, 5) is 24.5. The lowest BCUT2D eigenvalue weighted by atomic mass is 10.1. The van der Waals surface area contributed by atoms with Gasteiger partial charge in [0.2, 0.25) is 11.8 Å². The van der Waals surface area contributed by atoms with E-state index in [1.807, 2.05) is 0 Å². The fourth-order valence-corrected chi connectivity index (χ4v) is 2.88. The maximum absolute atomic E-state index is 13.0. The zero-order chi connectivity index (χ0) is 19.2. The number of hydrogen-bond donors (Lipinski definition) is 0. The Morgan fingerprint density at radius 2 is 1.92 bits per heavy atom. The molecule has 0 spiro atoms. The van der Waals surface area contributed by atoms with Crippen LogP contribution in [-0.4, -0.2) is 56.2 Å². The summed E-state index contributed by atoms with van der Waals surface area (Å²) in [6.45, 7) is 3.45. The molecule has 2 aromatic heterocycles. The highest BCUT2D eigenvalue weighted by atomic mass is 19.4. The van der Waals surface area contributed by atoms with Crippen LogP contribution in [0.1, 0.15) is 40.8 Å². The fraction of sp³-hybridized carbons (Fsp3) is 0.533. The highest BCUT2D eigenvalue weighted by molar-refractivity contribution is 5.93. The van der Waals surface area contributed by atoms with Crippen LogP contribution in [0.5, 0.6) is 0 Å². The van der Waals surface area contributed by atoms with Crippen LogP contribution >= 0.6 is 0 Å². The zero-order valence-electron chi connectivity index (χ0n) is 14.7. The Hall–Kier alpha value is -2.72. The van der Waals surface area contributed by atoms with Gasteiger partial charge in [0.15, 0.2) is 5.82 Å². The average Bonchev–Trinajstić information content (AvgIpc) is 2.99. The molecule has 0 aromatic carbocycles. The highest BCUT2D eigenvalue weighted by Crippen LogP contribution is 2.33. The number of halogens is 3. The summed E-state index contributed by atoms with van der Waals surface area (Å²) in [7, 11) is 3.52. The van der Waals surface area contributed by atoms with Gasteiger partial charge in [-0.3, -0.25) is 4.79 Å². The molecule has 0 N–H and O–H groups in total. The molecule has 0 bridgehead atoms. The SMILES string of the molecule is Cc1cc(C(=O)N2CCn3c(nnc3C(F)(F)F)C2C)nc(N(C)C)n1. The van der Waals surface area contributed by atoms with Crippen molar-refractivity contribution < 1.29 is 18.0 Å². The van der Waals surface area contributed by atoms with E-state index in [1.54, 1.807) is 38.9 Å². The van der Waals surface area contributed by atoms with Crippen LogP contribution < -0.4 is 4.90 Å². The van der Waals surface area contributed by atoms with E-state index in [0.29, 0.717) is 11.6 Å². The molecule has 0 aliphatic carbocycles. The molecule has 3 heterocycles. The van der Waals surface area contributed by atoms with Crippen molar-refractivity contribution in [1.29, 1.82) is 0 Å². The topological polar surface area (TPSA) is 80.0 Å². The lowest BCUT2D eigenvalue weighted by molar-refractivity contribution is -0.148. The van der Waals surface area contributed by atoms with Gasteiger partial charge in [-0.1, -0.05) is 0 Å². The van der Waals surface area contributed by atoms with Gasteiger partial charge in [0, 0.05) is 32.9 Å². The molecule has 3 rings (SSSR count). The second kappa shape index (κ2) is 6.22. The highest BCUT2D eigenvalue weighted by Gasteiger charge is 2.42. The normalized spacial score (nSPS) is 17.2. The van der Waals surface area contributed by atoms with Crippen LogP contribution in [0.3, 0.4) is 0 Å². The van der Waals surface area contributed by atoms with E-state index in [-0.39, 0.29) is 30.5 Å².